The number of rotatable bonds is 5. The molecule has 1 amide bonds. The van der Waals surface area contributed by atoms with Crippen LogP contribution >= 0.6 is 0 Å². The molecule has 0 saturated heterocycles. The van der Waals surface area contributed by atoms with Crippen molar-refractivity contribution in [2.45, 2.75) is 38.8 Å². The summed E-state index contributed by atoms with van der Waals surface area (Å²) in [5, 5.41) is 24.0. The van der Waals surface area contributed by atoms with Gasteiger partial charge >= 0.3 is 0 Å². The molecule has 0 aliphatic carbocycles. The van der Waals surface area contributed by atoms with Gasteiger partial charge in [-0.1, -0.05) is 48.9 Å². The monoisotopic (exact) mass is 414 g/mol. The lowest BCUT2D eigenvalue weighted by Crippen LogP contribution is -2.20. The third-order valence-electron chi connectivity index (χ3n) is 5.28. The van der Waals surface area contributed by atoms with Crippen LogP contribution in [0.2, 0.25) is 0 Å². The van der Waals surface area contributed by atoms with E-state index < -0.39 is 0 Å². The number of benzene rings is 2. The molecule has 0 fully saturated rings. The average Bonchev–Trinajstić information content (AvgIpc) is 3.35. The van der Waals surface area contributed by atoms with Crippen LogP contribution < -0.4 is 5.32 Å². The smallest absolute Gasteiger partial charge is 0.248 e. The summed E-state index contributed by atoms with van der Waals surface area (Å²) in [5.74, 6) is 2.14. The minimum absolute atomic E-state index is 0.0234. The van der Waals surface area contributed by atoms with Crippen molar-refractivity contribution in [2.75, 3.05) is 5.32 Å². The highest BCUT2D eigenvalue weighted by Gasteiger charge is 2.16. The van der Waals surface area contributed by atoms with E-state index in [9.17, 15) is 4.79 Å². The van der Waals surface area contributed by atoms with E-state index in [0.717, 1.165) is 48.6 Å². The topological polar surface area (TPSA) is 103 Å². The van der Waals surface area contributed by atoms with Gasteiger partial charge in [0.05, 0.1) is 0 Å². The van der Waals surface area contributed by atoms with Crippen LogP contribution in [0, 0.1) is 0 Å². The number of tetrazole rings is 1. The first kappa shape index (κ1) is 19.1. The molecule has 0 spiro atoms. The van der Waals surface area contributed by atoms with Crippen LogP contribution in [-0.4, -0.2) is 40.9 Å². The fraction of sp³-hybridized carbons (Fsp3) is 0.273. The zero-order valence-corrected chi connectivity index (χ0v) is 17.0. The molecule has 2 aromatic heterocycles. The first-order valence-electron chi connectivity index (χ1n) is 10.4. The molecule has 0 radical (unpaired) electrons. The van der Waals surface area contributed by atoms with Gasteiger partial charge in [0.1, 0.15) is 12.4 Å². The van der Waals surface area contributed by atoms with Crippen LogP contribution in [0.3, 0.4) is 0 Å². The third-order valence-corrected chi connectivity index (χ3v) is 5.28. The summed E-state index contributed by atoms with van der Waals surface area (Å²) in [6, 6.07) is 17.2. The Morgan fingerprint density at radius 3 is 2.71 bits per heavy atom. The summed E-state index contributed by atoms with van der Waals surface area (Å²) in [4.78, 5) is 13.8. The Balaban J connectivity index is 1.29. The second-order valence-electron chi connectivity index (χ2n) is 7.54. The van der Waals surface area contributed by atoms with E-state index in [1.807, 2.05) is 54.6 Å². The van der Waals surface area contributed by atoms with Crippen molar-refractivity contribution >= 4 is 11.6 Å². The largest absolute Gasteiger partial charge is 0.324 e. The molecule has 0 atom stereocenters. The molecule has 156 valence electrons. The Bertz CT molecular complexity index is 1200. The van der Waals surface area contributed by atoms with E-state index in [1.54, 1.807) is 0 Å². The van der Waals surface area contributed by atoms with Gasteiger partial charge in [-0.25, -0.2) is 0 Å². The summed E-state index contributed by atoms with van der Waals surface area (Å²) in [6.45, 7) is 0.903. The van der Waals surface area contributed by atoms with E-state index in [4.69, 9.17) is 0 Å². The minimum Gasteiger partial charge on any atom is -0.324 e. The molecule has 1 N–H and O–H groups in total. The van der Waals surface area contributed by atoms with Gasteiger partial charge in [0.2, 0.25) is 11.7 Å². The Labute approximate surface area is 179 Å². The number of carbonyl (C=O) groups excluding carboxylic acids is 1. The van der Waals surface area contributed by atoms with Gasteiger partial charge in [-0.05, 0) is 30.2 Å². The average molecular weight is 414 g/mol. The number of aromatic nitrogens is 7. The first-order chi connectivity index (χ1) is 15.3. The van der Waals surface area contributed by atoms with Crippen LogP contribution in [-0.2, 0) is 24.3 Å². The molecule has 3 heterocycles. The van der Waals surface area contributed by atoms with E-state index in [-0.39, 0.29) is 12.5 Å². The normalized spacial score (nSPS) is 13.4. The second kappa shape index (κ2) is 8.47. The van der Waals surface area contributed by atoms with Crippen LogP contribution in [0.15, 0.2) is 54.6 Å². The van der Waals surface area contributed by atoms with Gasteiger partial charge in [0, 0.05) is 29.8 Å². The maximum absolute atomic E-state index is 12.5. The number of nitrogens with one attached hydrogen (secondary N) is 1. The van der Waals surface area contributed by atoms with E-state index >= 15 is 0 Å². The van der Waals surface area contributed by atoms with Crippen molar-refractivity contribution in [3.63, 3.8) is 0 Å². The van der Waals surface area contributed by atoms with E-state index in [1.165, 1.54) is 11.2 Å². The van der Waals surface area contributed by atoms with Crippen LogP contribution in [0.4, 0.5) is 5.69 Å². The summed E-state index contributed by atoms with van der Waals surface area (Å²) in [5.41, 5.74) is 2.48. The quantitative estimate of drug-likeness (QED) is 0.538. The van der Waals surface area contributed by atoms with Crippen LogP contribution in [0.5, 0.6) is 0 Å². The van der Waals surface area contributed by atoms with Gasteiger partial charge in [0.15, 0.2) is 5.82 Å². The molecule has 0 unspecified atom stereocenters. The zero-order chi connectivity index (χ0) is 21.0. The van der Waals surface area contributed by atoms with Crippen molar-refractivity contribution in [3.05, 3.63) is 60.4 Å². The summed E-state index contributed by atoms with van der Waals surface area (Å²) < 4.78 is 2.19. The zero-order valence-electron chi connectivity index (χ0n) is 17.0. The number of nitrogens with zero attached hydrogens (tertiary/aromatic N) is 7. The Kier molecular flexibility index (Phi) is 5.22. The Morgan fingerprint density at radius 1 is 0.935 bits per heavy atom. The van der Waals surface area contributed by atoms with Gasteiger partial charge in [0.25, 0.3) is 0 Å². The SMILES string of the molecule is O=C(Cn1nnc(-c2ccccc2)n1)Nc1cccc(-c2nnc3n2CCCCC3)c1. The molecule has 1 aliphatic heterocycles. The number of anilines is 1. The number of carbonyl (C=O) groups is 1. The summed E-state index contributed by atoms with van der Waals surface area (Å²) in [7, 11) is 0. The maximum atomic E-state index is 12.5. The Hall–Kier alpha value is -3.88. The summed E-state index contributed by atoms with van der Waals surface area (Å²) >= 11 is 0. The third kappa shape index (κ3) is 4.20. The highest BCUT2D eigenvalue weighted by Crippen LogP contribution is 2.25. The summed E-state index contributed by atoms with van der Waals surface area (Å²) in [6.07, 6.45) is 4.45. The van der Waals surface area contributed by atoms with Gasteiger partial charge < -0.3 is 9.88 Å². The van der Waals surface area contributed by atoms with Gasteiger partial charge in [-0.3, -0.25) is 4.79 Å². The fourth-order valence-electron chi connectivity index (χ4n) is 3.78. The molecule has 0 saturated carbocycles. The van der Waals surface area contributed by atoms with Crippen molar-refractivity contribution in [1.29, 1.82) is 0 Å². The van der Waals surface area contributed by atoms with Gasteiger partial charge in [-0.15, -0.1) is 20.4 Å². The van der Waals surface area contributed by atoms with Crippen LogP contribution in [0.1, 0.15) is 25.1 Å². The molecule has 5 rings (SSSR count). The molecule has 2 aromatic carbocycles. The van der Waals surface area contributed by atoms with E-state index in [2.05, 4.69) is 35.5 Å². The molecular weight excluding hydrogens is 392 g/mol. The Morgan fingerprint density at radius 2 is 1.81 bits per heavy atom. The number of hydrogen-bond acceptors (Lipinski definition) is 6. The van der Waals surface area contributed by atoms with Gasteiger partial charge in [-0.2, -0.15) is 4.80 Å². The molecule has 9 nitrogen and oxygen atoms in total. The molecule has 31 heavy (non-hydrogen) atoms. The van der Waals surface area contributed by atoms with E-state index in [0.29, 0.717) is 11.5 Å². The molecule has 9 heteroatoms. The highest BCUT2D eigenvalue weighted by molar-refractivity contribution is 5.91. The lowest BCUT2D eigenvalue weighted by molar-refractivity contribution is -0.117. The fourth-order valence-corrected chi connectivity index (χ4v) is 3.78. The minimum atomic E-state index is -0.228. The highest BCUT2D eigenvalue weighted by atomic mass is 16.2. The first-order valence-corrected chi connectivity index (χ1v) is 10.4. The molecular formula is C22H22N8O. The molecule has 1 aliphatic rings. The maximum Gasteiger partial charge on any atom is 0.248 e. The number of fused-ring (bicyclic) bond motifs is 1. The second-order valence-corrected chi connectivity index (χ2v) is 7.54. The van der Waals surface area contributed by atoms with Crippen molar-refractivity contribution in [3.8, 4) is 22.8 Å². The number of aryl methyl sites for hydroxylation is 1. The predicted molar refractivity (Wildman–Crippen MR) is 115 cm³/mol. The van der Waals surface area contributed by atoms with Crippen LogP contribution in [0.25, 0.3) is 22.8 Å². The van der Waals surface area contributed by atoms with Crippen molar-refractivity contribution in [1.82, 2.24) is 35.0 Å². The van der Waals surface area contributed by atoms with Crippen molar-refractivity contribution in [2.24, 2.45) is 0 Å². The molecule has 0 bridgehead atoms. The number of hydrogen-bond donors (Lipinski definition) is 1. The lowest BCUT2D eigenvalue weighted by Gasteiger charge is -2.09. The predicted octanol–water partition coefficient (Wildman–Crippen LogP) is 2.96. The number of amides is 1. The van der Waals surface area contributed by atoms with Crippen molar-refractivity contribution < 1.29 is 4.79 Å². The lowest BCUT2D eigenvalue weighted by atomic mass is 10.2. The molecule has 4 aromatic rings. The standard InChI is InChI=1S/C22H22N8O/c31-20(15-30-27-21(25-28-30)16-8-3-1-4-9-16)23-18-11-7-10-17(14-18)22-26-24-19-12-5-2-6-13-29(19)22/h1,3-4,7-11,14H,2,5-6,12-13,15H2,(H,23,31).